The Morgan fingerprint density at radius 1 is 0.750 bits per heavy atom. The third kappa shape index (κ3) is 21.7. The maximum atomic E-state index is 11.3. The van der Waals surface area contributed by atoms with Gasteiger partial charge in [-0.05, 0) is 44.9 Å². The smallest absolute Gasteiger partial charge is 0.305 e. The van der Waals surface area contributed by atoms with Gasteiger partial charge >= 0.3 is 5.97 Å². The molecule has 0 amide bonds. The summed E-state index contributed by atoms with van der Waals surface area (Å²) >= 11 is 0. The van der Waals surface area contributed by atoms with Crippen LogP contribution in [0.4, 0.5) is 0 Å². The minimum absolute atomic E-state index is 0. The minimum Gasteiger partial charge on any atom is -0.466 e. The van der Waals surface area contributed by atoms with E-state index in [-0.39, 0.29) is 29.9 Å². The van der Waals surface area contributed by atoms with Gasteiger partial charge in [-0.15, -0.1) is 24.0 Å². The van der Waals surface area contributed by atoms with Gasteiger partial charge in [-0.2, -0.15) is 0 Å². The summed E-state index contributed by atoms with van der Waals surface area (Å²) < 4.78 is 5.06. The minimum atomic E-state index is -0.0301. The highest BCUT2D eigenvalue weighted by Crippen LogP contribution is 2.08. The Kier molecular flexibility index (Phi) is 24.5. The predicted molar refractivity (Wildman–Crippen MR) is 116 cm³/mol. The lowest BCUT2D eigenvalue weighted by Gasteiger charge is -2.02. The van der Waals surface area contributed by atoms with Crippen LogP contribution in [0.5, 0.6) is 0 Å². The molecule has 0 heterocycles. The van der Waals surface area contributed by atoms with Gasteiger partial charge in [-0.25, -0.2) is 0 Å². The number of ether oxygens (including phenoxy) is 1. The van der Waals surface area contributed by atoms with Gasteiger partial charge < -0.3 is 4.74 Å². The standard InChI is InChI=1S/C21H38O2.HI/c1-3-5-6-7-8-9-10-11-12-13-14-15-16-17-18-19-21(22)23-20-4-2;/h8-9,11-12H,3-7,10,13-20H2,1-2H3;1H/b9-8-,12-11-;. The second-order valence-corrected chi connectivity index (χ2v) is 6.20. The fraction of sp³-hybridized carbons (Fsp3) is 0.762. The van der Waals surface area contributed by atoms with E-state index in [0.29, 0.717) is 13.0 Å². The molecule has 0 rings (SSSR count). The first-order valence-electron chi connectivity index (χ1n) is 9.76. The molecule has 0 saturated heterocycles. The van der Waals surface area contributed by atoms with E-state index in [0.717, 1.165) is 25.7 Å². The average molecular weight is 450 g/mol. The number of halogens is 1. The van der Waals surface area contributed by atoms with Crippen molar-refractivity contribution in [2.75, 3.05) is 6.61 Å². The van der Waals surface area contributed by atoms with Crippen LogP contribution in [0.2, 0.25) is 0 Å². The van der Waals surface area contributed by atoms with Crippen molar-refractivity contribution < 1.29 is 9.53 Å². The van der Waals surface area contributed by atoms with E-state index in [1.165, 1.54) is 51.4 Å². The molecule has 0 fully saturated rings. The van der Waals surface area contributed by atoms with Gasteiger partial charge in [-0.3, -0.25) is 4.79 Å². The maximum Gasteiger partial charge on any atom is 0.305 e. The summed E-state index contributed by atoms with van der Waals surface area (Å²) in [5.41, 5.74) is 0. The first kappa shape index (κ1) is 25.9. The van der Waals surface area contributed by atoms with Crippen molar-refractivity contribution in [1.82, 2.24) is 0 Å². The third-order valence-electron chi connectivity index (χ3n) is 3.80. The largest absolute Gasteiger partial charge is 0.466 e. The summed E-state index contributed by atoms with van der Waals surface area (Å²) in [6, 6.07) is 0. The molecule has 0 N–H and O–H groups in total. The topological polar surface area (TPSA) is 26.3 Å². The zero-order chi connectivity index (χ0) is 17.0. The van der Waals surface area contributed by atoms with Crippen LogP contribution < -0.4 is 0 Å². The molecule has 0 saturated carbocycles. The van der Waals surface area contributed by atoms with Crippen LogP contribution in [-0.4, -0.2) is 12.6 Å². The van der Waals surface area contributed by atoms with Crippen LogP contribution in [0.15, 0.2) is 24.3 Å². The van der Waals surface area contributed by atoms with Gasteiger partial charge in [0.25, 0.3) is 0 Å². The normalized spacial score (nSPS) is 11.1. The quantitative estimate of drug-likeness (QED) is 0.106. The van der Waals surface area contributed by atoms with Gasteiger partial charge in [0.05, 0.1) is 6.61 Å². The van der Waals surface area contributed by atoms with Crippen LogP contribution >= 0.6 is 24.0 Å². The van der Waals surface area contributed by atoms with E-state index in [4.69, 9.17) is 4.74 Å². The van der Waals surface area contributed by atoms with Crippen molar-refractivity contribution in [3.63, 3.8) is 0 Å². The highest BCUT2D eigenvalue weighted by Gasteiger charge is 2.00. The number of esters is 1. The second kappa shape index (κ2) is 22.7. The van der Waals surface area contributed by atoms with Gasteiger partial charge in [0.2, 0.25) is 0 Å². The van der Waals surface area contributed by atoms with Crippen molar-refractivity contribution in [3.8, 4) is 0 Å². The van der Waals surface area contributed by atoms with E-state index in [1.54, 1.807) is 0 Å². The zero-order valence-electron chi connectivity index (χ0n) is 15.9. The molecule has 0 unspecified atom stereocenters. The molecule has 0 aromatic rings. The molecular formula is C21H39IO2. The Balaban J connectivity index is 0. The van der Waals surface area contributed by atoms with Crippen LogP contribution in [0.25, 0.3) is 0 Å². The lowest BCUT2D eigenvalue weighted by molar-refractivity contribution is -0.143. The van der Waals surface area contributed by atoms with Gasteiger partial charge in [0, 0.05) is 6.42 Å². The van der Waals surface area contributed by atoms with Crippen molar-refractivity contribution in [3.05, 3.63) is 24.3 Å². The lowest BCUT2D eigenvalue weighted by Crippen LogP contribution is -2.04. The Labute approximate surface area is 167 Å². The average Bonchev–Trinajstić information content (AvgIpc) is 2.56. The molecule has 0 aromatic heterocycles. The molecule has 0 bridgehead atoms. The summed E-state index contributed by atoms with van der Waals surface area (Å²) in [6.45, 7) is 4.83. The van der Waals surface area contributed by atoms with Gasteiger partial charge in [-0.1, -0.05) is 70.3 Å². The highest BCUT2D eigenvalue weighted by atomic mass is 127. The number of hydrogen-bond acceptors (Lipinski definition) is 2. The molecule has 0 spiro atoms. The Morgan fingerprint density at radius 2 is 1.33 bits per heavy atom. The Bertz CT molecular complexity index is 311. The highest BCUT2D eigenvalue weighted by molar-refractivity contribution is 14.0. The van der Waals surface area contributed by atoms with Crippen molar-refractivity contribution >= 4 is 29.9 Å². The number of carbonyl (C=O) groups is 1. The second-order valence-electron chi connectivity index (χ2n) is 6.20. The number of unbranched alkanes of at least 4 members (excludes halogenated alkanes) is 8. The van der Waals surface area contributed by atoms with E-state index in [2.05, 4.69) is 31.2 Å². The number of rotatable bonds is 16. The molecule has 0 aliphatic carbocycles. The predicted octanol–water partition coefficient (Wildman–Crippen LogP) is 7.37. The van der Waals surface area contributed by atoms with Crippen molar-refractivity contribution in [1.29, 1.82) is 0 Å². The molecule has 142 valence electrons. The lowest BCUT2D eigenvalue weighted by atomic mass is 10.1. The first-order valence-corrected chi connectivity index (χ1v) is 9.76. The van der Waals surface area contributed by atoms with Crippen LogP contribution in [0.3, 0.4) is 0 Å². The van der Waals surface area contributed by atoms with Gasteiger partial charge in [0.15, 0.2) is 0 Å². The van der Waals surface area contributed by atoms with Crippen LogP contribution in [-0.2, 0) is 9.53 Å². The van der Waals surface area contributed by atoms with E-state index in [9.17, 15) is 4.79 Å². The number of carbonyl (C=O) groups excluding carboxylic acids is 1. The monoisotopic (exact) mass is 450 g/mol. The third-order valence-corrected chi connectivity index (χ3v) is 3.80. The van der Waals surface area contributed by atoms with Crippen LogP contribution in [0, 0.1) is 0 Å². The van der Waals surface area contributed by atoms with Gasteiger partial charge in [0.1, 0.15) is 0 Å². The SMILES string of the molecule is CCCCC/C=C\C/C=C\CCCCCCCC(=O)OCCC.I. The molecule has 3 heteroatoms. The van der Waals surface area contributed by atoms with Crippen molar-refractivity contribution in [2.45, 2.75) is 97.3 Å². The Hall–Kier alpha value is -0.320. The fourth-order valence-corrected chi connectivity index (χ4v) is 2.37. The fourth-order valence-electron chi connectivity index (χ4n) is 2.37. The maximum absolute atomic E-state index is 11.3. The molecular weight excluding hydrogens is 411 g/mol. The molecule has 0 aliphatic rings. The molecule has 0 radical (unpaired) electrons. The molecule has 0 atom stereocenters. The number of hydrogen-bond donors (Lipinski definition) is 0. The summed E-state index contributed by atoms with van der Waals surface area (Å²) in [4.78, 5) is 11.3. The van der Waals surface area contributed by atoms with E-state index in [1.807, 2.05) is 6.92 Å². The van der Waals surface area contributed by atoms with Crippen LogP contribution in [0.1, 0.15) is 97.3 Å². The molecule has 2 nitrogen and oxygen atoms in total. The Morgan fingerprint density at radius 3 is 1.96 bits per heavy atom. The van der Waals surface area contributed by atoms with E-state index < -0.39 is 0 Å². The molecule has 24 heavy (non-hydrogen) atoms. The summed E-state index contributed by atoms with van der Waals surface area (Å²) in [6.07, 6.45) is 24.0. The molecule has 0 aromatic carbocycles. The van der Waals surface area contributed by atoms with E-state index >= 15 is 0 Å². The van der Waals surface area contributed by atoms with Crippen molar-refractivity contribution in [2.24, 2.45) is 0 Å². The summed E-state index contributed by atoms with van der Waals surface area (Å²) in [7, 11) is 0. The zero-order valence-corrected chi connectivity index (χ0v) is 18.3. The molecule has 0 aliphatic heterocycles. The summed E-state index contributed by atoms with van der Waals surface area (Å²) in [5.74, 6) is -0.0301. The first-order chi connectivity index (χ1) is 11.3. The number of allylic oxidation sites excluding steroid dienone is 4. The summed E-state index contributed by atoms with van der Waals surface area (Å²) in [5, 5.41) is 0.